The second-order valence-corrected chi connectivity index (χ2v) is 5.89. The van der Waals surface area contributed by atoms with Gasteiger partial charge in [0.15, 0.2) is 5.76 Å². The second kappa shape index (κ2) is 8.24. The number of aliphatic hydroxyl groups is 1. The molecule has 0 unspecified atom stereocenters. The summed E-state index contributed by atoms with van der Waals surface area (Å²) in [5.74, 6) is -3.60. The molecule has 1 aliphatic heterocycles. The lowest BCUT2D eigenvalue weighted by molar-refractivity contribution is -0.140. The number of hydrogen-bond acceptors (Lipinski definition) is 8. The molecule has 28 heavy (non-hydrogen) atoms. The van der Waals surface area contributed by atoms with Crippen LogP contribution in [0.15, 0.2) is 51.0 Å². The Balaban J connectivity index is 2.19. The molecule has 2 heterocycles. The summed E-state index contributed by atoms with van der Waals surface area (Å²) in [4.78, 5) is 25.0. The van der Waals surface area contributed by atoms with E-state index in [1.807, 2.05) is 0 Å². The van der Waals surface area contributed by atoms with Crippen LogP contribution < -0.4 is 15.9 Å². The second-order valence-electron chi connectivity index (χ2n) is 5.89. The molecule has 0 spiro atoms. The summed E-state index contributed by atoms with van der Waals surface area (Å²) in [6, 6.07) is 6.69. The number of aliphatic hydroxyl groups excluding tert-OH is 1. The van der Waals surface area contributed by atoms with Crippen LogP contribution in [0.25, 0.3) is 0 Å². The van der Waals surface area contributed by atoms with Crippen molar-refractivity contribution in [1.82, 2.24) is 0 Å². The van der Waals surface area contributed by atoms with E-state index in [2.05, 4.69) is 0 Å². The van der Waals surface area contributed by atoms with Crippen molar-refractivity contribution in [1.29, 1.82) is 0 Å². The number of hydrogen-bond donors (Lipinski definition) is 2. The van der Waals surface area contributed by atoms with E-state index in [1.165, 1.54) is 25.3 Å². The van der Waals surface area contributed by atoms with E-state index in [9.17, 15) is 19.1 Å². The number of benzene rings is 1. The highest BCUT2D eigenvalue weighted by Gasteiger charge is 2.40. The van der Waals surface area contributed by atoms with Gasteiger partial charge in [-0.05, 0) is 6.07 Å². The number of ether oxygens (including phenoxy) is 3. The van der Waals surface area contributed by atoms with Gasteiger partial charge in [0.1, 0.15) is 30.4 Å². The van der Waals surface area contributed by atoms with Gasteiger partial charge in [-0.25, -0.2) is 9.18 Å². The monoisotopic (exact) mass is 391 g/mol. The first-order valence-corrected chi connectivity index (χ1v) is 8.33. The predicted octanol–water partition coefficient (Wildman–Crippen LogP) is 1.16. The molecule has 8 nitrogen and oxygen atoms in total. The Labute approximate surface area is 158 Å². The Morgan fingerprint density at radius 3 is 2.75 bits per heavy atom. The molecule has 9 heteroatoms. The van der Waals surface area contributed by atoms with Crippen LogP contribution in [-0.2, 0) is 20.9 Å². The van der Waals surface area contributed by atoms with E-state index >= 15 is 0 Å². The van der Waals surface area contributed by atoms with Gasteiger partial charge in [-0.2, -0.15) is 0 Å². The fourth-order valence-corrected chi connectivity index (χ4v) is 2.88. The van der Waals surface area contributed by atoms with Crippen molar-refractivity contribution in [2.24, 2.45) is 5.73 Å². The number of carbonyl (C=O) groups excluding carboxylic acids is 1. The van der Waals surface area contributed by atoms with Crippen molar-refractivity contribution in [3.63, 3.8) is 0 Å². The summed E-state index contributed by atoms with van der Waals surface area (Å²) in [6.45, 7) is -0.493. The standard InChI is InChI=1S/C19H18FNO7/c1-25-6-7-26-19(24)15-14(11-4-2-3-5-12(11)20)17-16(28-18(15)21)13(23)8-10(9-22)27-17/h2-5,8,14,22H,6-7,9,21H2,1H3/t14-/m1/s1. The molecular weight excluding hydrogens is 373 g/mol. The fraction of sp³-hybridized carbons (Fsp3) is 0.263. The molecule has 1 aromatic carbocycles. The average Bonchev–Trinajstić information content (AvgIpc) is 2.68. The first-order valence-electron chi connectivity index (χ1n) is 8.33. The molecule has 0 radical (unpaired) electrons. The Hall–Kier alpha value is -3.17. The van der Waals surface area contributed by atoms with Crippen LogP contribution in [0.4, 0.5) is 4.39 Å². The zero-order valence-electron chi connectivity index (χ0n) is 14.9. The lowest BCUT2D eigenvalue weighted by Crippen LogP contribution is -2.30. The summed E-state index contributed by atoms with van der Waals surface area (Å²) in [6.07, 6.45) is 0. The van der Waals surface area contributed by atoms with Gasteiger partial charge in [-0.1, -0.05) is 18.2 Å². The molecule has 148 valence electrons. The van der Waals surface area contributed by atoms with Crippen LogP contribution in [0.5, 0.6) is 5.75 Å². The van der Waals surface area contributed by atoms with Crippen molar-refractivity contribution in [3.05, 3.63) is 74.9 Å². The van der Waals surface area contributed by atoms with E-state index in [-0.39, 0.29) is 41.6 Å². The lowest BCUT2D eigenvalue weighted by Gasteiger charge is -2.27. The van der Waals surface area contributed by atoms with E-state index < -0.39 is 35.6 Å². The highest BCUT2D eigenvalue weighted by molar-refractivity contribution is 5.92. The summed E-state index contributed by atoms with van der Waals surface area (Å²) in [5.41, 5.74) is 5.08. The molecule has 1 aliphatic rings. The molecule has 0 bridgehead atoms. The first kappa shape index (κ1) is 19.6. The molecule has 2 aromatic rings. The minimum atomic E-state index is -1.20. The molecule has 0 fully saturated rings. The molecule has 3 rings (SSSR count). The molecule has 0 saturated heterocycles. The maximum atomic E-state index is 14.6. The van der Waals surface area contributed by atoms with Gasteiger partial charge < -0.3 is 29.5 Å². The molecule has 1 atom stereocenters. The Bertz CT molecular complexity index is 982. The number of carbonyl (C=O) groups is 1. The van der Waals surface area contributed by atoms with Crippen LogP contribution in [-0.4, -0.2) is 31.4 Å². The molecule has 3 N–H and O–H groups in total. The maximum Gasteiger partial charge on any atom is 0.340 e. The zero-order valence-corrected chi connectivity index (χ0v) is 14.9. The van der Waals surface area contributed by atoms with E-state index in [0.717, 1.165) is 6.07 Å². The Morgan fingerprint density at radius 2 is 2.07 bits per heavy atom. The SMILES string of the molecule is COCCOC(=O)C1=C(N)Oc2c(oc(CO)cc2=O)[C@@H]1c1ccccc1F. The minimum absolute atomic E-state index is 0.0342. The topological polar surface area (TPSA) is 121 Å². The number of fused-ring (bicyclic) bond motifs is 1. The van der Waals surface area contributed by atoms with Gasteiger partial charge in [0.25, 0.3) is 0 Å². The van der Waals surface area contributed by atoms with Crippen LogP contribution in [0.3, 0.4) is 0 Å². The summed E-state index contributed by atoms with van der Waals surface area (Å²) < 4.78 is 35.4. The van der Waals surface area contributed by atoms with Crippen LogP contribution >= 0.6 is 0 Å². The van der Waals surface area contributed by atoms with Crippen molar-refractivity contribution >= 4 is 5.97 Å². The minimum Gasteiger partial charge on any atom is -0.460 e. The first-order chi connectivity index (χ1) is 13.5. The van der Waals surface area contributed by atoms with Crippen LogP contribution in [0, 0.1) is 5.82 Å². The highest BCUT2D eigenvalue weighted by Crippen LogP contribution is 2.42. The number of halogens is 1. The van der Waals surface area contributed by atoms with Crippen molar-refractivity contribution < 1.29 is 32.9 Å². The van der Waals surface area contributed by atoms with Crippen molar-refractivity contribution in [2.45, 2.75) is 12.5 Å². The largest absolute Gasteiger partial charge is 0.460 e. The van der Waals surface area contributed by atoms with Gasteiger partial charge >= 0.3 is 5.97 Å². The highest BCUT2D eigenvalue weighted by atomic mass is 19.1. The van der Waals surface area contributed by atoms with Gasteiger partial charge in [-0.15, -0.1) is 0 Å². The number of methoxy groups -OCH3 is 1. The number of esters is 1. The maximum absolute atomic E-state index is 14.6. The normalized spacial score (nSPS) is 15.8. The van der Waals surface area contributed by atoms with Gasteiger partial charge in [0.05, 0.1) is 12.5 Å². The third-order valence-corrected chi connectivity index (χ3v) is 4.12. The Kier molecular flexibility index (Phi) is 5.76. The average molecular weight is 391 g/mol. The third-order valence-electron chi connectivity index (χ3n) is 4.12. The smallest absolute Gasteiger partial charge is 0.340 e. The van der Waals surface area contributed by atoms with Crippen LogP contribution in [0.2, 0.25) is 0 Å². The summed E-state index contributed by atoms with van der Waals surface area (Å²) in [5, 5.41) is 9.36. The zero-order chi connectivity index (χ0) is 20.3. The quantitative estimate of drug-likeness (QED) is 0.556. The summed E-state index contributed by atoms with van der Waals surface area (Å²) >= 11 is 0. The van der Waals surface area contributed by atoms with E-state index in [1.54, 1.807) is 6.07 Å². The lowest BCUT2D eigenvalue weighted by atomic mass is 9.86. The molecule has 0 amide bonds. The van der Waals surface area contributed by atoms with E-state index in [4.69, 9.17) is 24.4 Å². The van der Waals surface area contributed by atoms with Gasteiger partial charge in [0.2, 0.25) is 17.1 Å². The fourth-order valence-electron chi connectivity index (χ4n) is 2.88. The molecule has 0 saturated carbocycles. The molecular formula is C19H18FNO7. The van der Waals surface area contributed by atoms with Gasteiger partial charge in [0, 0.05) is 18.7 Å². The van der Waals surface area contributed by atoms with E-state index in [0.29, 0.717) is 0 Å². The van der Waals surface area contributed by atoms with Gasteiger partial charge in [-0.3, -0.25) is 4.79 Å². The van der Waals surface area contributed by atoms with Crippen molar-refractivity contribution in [3.8, 4) is 5.75 Å². The number of nitrogens with two attached hydrogens (primary N) is 1. The van der Waals surface area contributed by atoms with Crippen molar-refractivity contribution in [2.75, 3.05) is 20.3 Å². The third kappa shape index (κ3) is 3.62. The number of rotatable bonds is 6. The predicted molar refractivity (Wildman–Crippen MR) is 93.8 cm³/mol. The molecule has 1 aromatic heterocycles. The summed E-state index contributed by atoms with van der Waals surface area (Å²) in [7, 11) is 1.44. The molecule has 0 aliphatic carbocycles. The van der Waals surface area contributed by atoms with Crippen LogP contribution in [0.1, 0.15) is 23.0 Å². The Morgan fingerprint density at radius 1 is 1.32 bits per heavy atom.